The summed E-state index contributed by atoms with van der Waals surface area (Å²) in [7, 11) is 0. The van der Waals surface area contributed by atoms with Crippen molar-refractivity contribution in [1.82, 2.24) is 0 Å². The van der Waals surface area contributed by atoms with Crippen LogP contribution in [0.25, 0.3) is 0 Å². The van der Waals surface area contributed by atoms with E-state index in [2.05, 4.69) is 0 Å². The van der Waals surface area contributed by atoms with Gasteiger partial charge in [-0.1, -0.05) is 0 Å². The second-order valence-electron chi connectivity index (χ2n) is 3.50. The third-order valence-electron chi connectivity index (χ3n) is 2.46. The summed E-state index contributed by atoms with van der Waals surface area (Å²) in [5.74, 6) is -0.139. The number of hydrogen-bond acceptors (Lipinski definition) is 2. The third-order valence-corrected chi connectivity index (χ3v) is 2.46. The molecule has 3 nitrogen and oxygen atoms in total. The molecule has 1 aromatic carbocycles. The summed E-state index contributed by atoms with van der Waals surface area (Å²) in [6.45, 7) is 0. The van der Waals surface area contributed by atoms with E-state index in [1.807, 2.05) is 0 Å². The van der Waals surface area contributed by atoms with Crippen LogP contribution in [0, 0.1) is 0 Å². The van der Waals surface area contributed by atoms with E-state index < -0.39 is 5.97 Å². The Hall–Kier alpha value is -1.51. The largest absolute Gasteiger partial charge is 0.490 e. The molecule has 0 unspecified atom stereocenters. The molecule has 0 atom stereocenters. The molecule has 74 valence electrons. The lowest BCUT2D eigenvalue weighted by molar-refractivity contribution is 0.0696. The van der Waals surface area contributed by atoms with Crippen molar-refractivity contribution in [3.05, 3.63) is 29.8 Å². The van der Waals surface area contributed by atoms with Crippen LogP contribution in [0.5, 0.6) is 5.75 Å². The van der Waals surface area contributed by atoms with E-state index in [4.69, 9.17) is 9.84 Å². The molecule has 1 fully saturated rings. The van der Waals surface area contributed by atoms with E-state index in [0.29, 0.717) is 11.7 Å². The third kappa shape index (κ3) is 1.87. The molecule has 0 heterocycles. The molecule has 0 bridgehead atoms. The first-order valence-electron chi connectivity index (χ1n) is 4.76. The lowest BCUT2D eigenvalue weighted by Gasteiger charge is -2.26. The zero-order valence-electron chi connectivity index (χ0n) is 7.77. The van der Waals surface area contributed by atoms with E-state index in [1.165, 1.54) is 6.42 Å². The number of rotatable bonds is 3. The SMILES string of the molecule is O=C(O)c1ccc(OC2CCC2)cc1. The van der Waals surface area contributed by atoms with E-state index >= 15 is 0 Å². The first-order chi connectivity index (χ1) is 6.75. The number of carbonyl (C=O) groups is 1. The average Bonchev–Trinajstić information content (AvgIpc) is 2.12. The molecule has 1 aliphatic carbocycles. The molecular formula is C11H12O3. The van der Waals surface area contributed by atoms with Crippen molar-refractivity contribution < 1.29 is 14.6 Å². The molecule has 1 N–H and O–H groups in total. The number of ether oxygens (including phenoxy) is 1. The van der Waals surface area contributed by atoms with Crippen LogP contribution < -0.4 is 4.74 Å². The predicted molar refractivity (Wildman–Crippen MR) is 51.7 cm³/mol. The van der Waals surface area contributed by atoms with Gasteiger partial charge in [0, 0.05) is 0 Å². The van der Waals surface area contributed by atoms with E-state index in [1.54, 1.807) is 24.3 Å². The van der Waals surface area contributed by atoms with Gasteiger partial charge in [0.2, 0.25) is 0 Å². The smallest absolute Gasteiger partial charge is 0.335 e. The molecule has 0 amide bonds. The summed E-state index contributed by atoms with van der Waals surface area (Å²) in [5, 5.41) is 8.67. The Bertz CT molecular complexity index is 325. The second kappa shape index (κ2) is 3.70. The van der Waals surface area contributed by atoms with Crippen molar-refractivity contribution in [2.24, 2.45) is 0 Å². The Kier molecular flexibility index (Phi) is 2.39. The van der Waals surface area contributed by atoms with Crippen molar-refractivity contribution in [2.45, 2.75) is 25.4 Å². The van der Waals surface area contributed by atoms with Crippen LogP contribution in [0.3, 0.4) is 0 Å². The predicted octanol–water partition coefficient (Wildman–Crippen LogP) is 2.32. The summed E-state index contributed by atoms with van der Waals surface area (Å²) in [5.41, 5.74) is 0.297. The standard InChI is InChI=1S/C11H12O3/c12-11(13)8-4-6-10(7-5-8)14-9-2-1-3-9/h4-7,9H,1-3H2,(H,12,13). The van der Waals surface area contributed by atoms with Crippen LogP contribution in [-0.4, -0.2) is 17.2 Å². The molecule has 0 spiro atoms. The Morgan fingerprint density at radius 1 is 1.29 bits per heavy atom. The molecule has 0 radical (unpaired) electrons. The molecular weight excluding hydrogens is 180 g/mol. The normalized spacial score (nSPS) is 16.0. The summed E-state index contributed by atoms with van der Waals surface area (Å²) in [6, 6.07) is 6.55. The molecule has 1 saturated carbocycles. The van der Waals surface area contributed by atoms with Crippen molar-refractivity contribution >= 4 is 5.97 Å². The maximum atomic E-state index is 10.6. The van der Waals surface area contributed by atoms with Gasteiger partial charge in [0.1, 0.15) is 5.75 Å². The molecule has 1 aliphatic rings. The summed E-state index contributed by atoms with van der Waals surface area (Å²) >= 11 is 0. The number of benzene rings is 1. The van der Waals surface area contributed by atoms with Gasteiger partial charge in [-0.05, 0) is 43.5 Å². The molecule has 3 heteroatoms. The van der Waals surface area contributed by atoms with Gasteiger partial charge in [0.15, 0.2) is 0 Å². The topological polar surface area (TPSA) is 46.5 Å². The summed E-state index contributed by atoms with van der Waals surface area (Å²) in [6.07, 6.45) is 3.80. The van der Waals surface area contributed by atoms with Crippen LogP contribution in [-0.2, 0) is 0 Å². The van der Waals surface area contributed by atoms with Gasteiger partial charge in [-0.15, -0.1) is 0 Å². The quantitative estimate of drug-likeness (QED) is 0.799. The Morgan fingerprint density at radius 3 is 2.36 bits per heavy atom. The lowest BCUT2D eigenvalue weighted by atomic mass is 9.96. The van der Waals surface area contributed by atoms with Crippen molar-refractivity contribution in [1.29, 1.82) is 0 Å². The van der Waals surface area contributed by atoms with E-state index in [0.717, 1.165) is 18.6 Å². The fraction of sp³-hybridized carbons (Fsp3) is 0.364. The van der Waals surface area contributed by atoms with Crippen LogP contribution >= 0.6 is 0 Å². The number of carboxylic acids is 1. The molecule has 1 aromatic rings. The fourth-order valence-electron chi connectivity index (χ4n) is 1.36. The highest BCUT2D eigenvalue weighted by Gasteiger charge is 2.18. The molecule has 0 aliphatic heterocycles. The number of aromatic carboxylic acids is 1. The van der Waals surface area contributed by atoms with Crippen LogP contribution in [0.2, 0.25) is 0 Å². The maximum absolute atomic E-state index is 10.6. The van der Waals surface area contributed by atoms with Gasteiger partial charge < -0.3 is 9.84 Å². The zero-order chi connectivity index (χ0) is 9.97. The average molecular weight is 192 g/mol. The summed E-state index contributed by atoms with van der Waals surface area (Å²) < 4.78 is 5.59. The van der Waals surface area contributed by atoms with Gasteiger partial charge >= 0.3 is 5.97 Å². The summed E-state index contributed by atoms with van der Waals surface area (Å²) in [4.78, 5) is 10.6. The zero-order valence-corrected chi connectivity index (χ0v) is 7.77. The minimum atomic E-state index is -0.903. The van der Waals surface area contributed by atoms with Gasteiger partial charge in [0.05, 0.1) is 11.7 Å². The van der Waals surface area contributed by atoms with Gasteiger partial charge in [-0.25, -0.2) is 4.79 Å². The van der Waals surface area contributed by atoms with E-state index in [9.17, 15) is 4.79 Å². The Morgan fingerprint density at radius 2 is 1.93 bits per heavy atom. The van der Waals surface area contributed by atoms with Gasteiger partial charge in [-0.3, -0.25) is 0 Å². The minimum absolute atomic E-state index is 0.297. The number of hydrogen-bond donors (Lipinski definition) is 1. The Balaban J connectivity index is 2.01. The fourth-order valence-corrected chi connectivity index (χ4v) is 1.36. The van der Waals surface area contributed by atoms with Crippen LogP contribution in [0.15, 0.2) is 24.3 Å². The first kappa shape index (κ1) is 9.06. The van der Waals surface area contributed by atoms with Crippen molar-refractivity contribution in [3.8, 4) is 5.75 Å². The molecule has 0 aromatic heterocycles. The second-order valence-corrected chi connectivity index (χ2v) is 3.50. The van der Waals surface area contributed by atoms with Gasteiger partial charge in [0.25, 0.3) is 0 Å². The molecule has 2 rings (SSSR count). The number of carboxylic acid groups (broad SMARTS) is 1. The maximum Gasteiger partial charge on any atom is 0.335 e. The Labute approximate surface area is 82.3 Å². The van der Waals surface area contributed by atoms with Crippen molar-refractivity contribution in [3.63, 3.8) is 0 Å². The monoisotopic (exact) mass is 192 g/mol. The lowest BCUT2D eigenvalue weighted by Crippen LogP contribution is -2.24. The molecule has 14 heavy (non-hydrogen) atoms. The molecule has 0 saturated heterocycles. The van der Waals surface area contributed by atoms with E-state index in [-0.39, 0.29) is 0 Å². The first-order valence-corrected chi connectivity index (χ1v) is 4.76. The van der Waals surface area contributed by atoms with Crippen molar-refractivity contribution in [2.75, 3.05) is 0 Å². The van der Waals surface area contributed by atoms with Crippen LogP contribution in [0.4, 0.5) is 0 Å². The minimum Gasteiger partial charge on any atom is -0.490 e. The highest BCUT2D eigenvalue weighted by atomic mass is 16.5. The van der Waals surface area contributed by atoms with Gasteiger partial charge in [-0.2, -0.15) is 0 Å². The highest BCUT2D eigenvalue weighted by Crippen LogP contribution is 2.25. The highest BCUT2D eigenvalue weighted by molar-refractivity contribution is 5.87. The van der Waals surface area contributed by atoms with Crippen LogP contribution in [0.1, 0.15) is 29.6 Å².